The third-order valence-corrected chi connectivity index (χ3v) is 6.47. The largest absolute Gasteiger partial charge is 0.381 e. The molecule has 6 nitrogen and oxygen atoms in total. The fourth-order valence-electron chi connectivity index (χ4n) is 3.63. The van der Waals surface area contributed by atoms with Gasteiger partial charge in [-0.3, -0.25) is 4.79 Å². The molecule has 0 N–H and O–H groups in total. The number of halogens is 2. The topological polar surface area (TPSA) is 66.9 Å². The Labute approximate surface area is 157 Å². The molecule has 2 fully saturated rings. The van der Waals surface area contributed by atoms with Gasteiger partial charge in [-0.15, -0.1) is 0 Å². The van der Waals surface area contributed by atoms with Gasteiger partial charge in [0.15, 0.2) is 0 Å². The number of hydrogen-bond acceptors (Lipinski definition) is 4. The Hall–Kier alpha value is -1.22. The van der Waals surface area contributed by atoms with Gasteiger partial charge in [-0.05, 0) is 37.5 Å². The molecule has 1 aromatic rings. The van der Waals surface area contributed by atoms with Crippen molar-refractivity contribution in [3.8, 4) is 0 Å². The molecule has 1 atom stereocenters. The number of nitrogens with zero attached hydrogens (tertiary/aromatic N) is 2. The molecule has 144 valence electrons. The molecule has 0 aliphatic carbocycles. The van der Waals surface area contributed by atoms with Gasteiger partial charge in [0.25, 0.3) is 5.91 Å². The van der Waals surface area contributed by atoms with Crippen molar-refractivity contribution < 1.29 is 22.3 Å². The van der Waals surface area contributed by atoms with Crippen molar-refractivity contribution in [2.24, 2.45) is 0 Å². The minimum atomic E-state index is -3.33. The van der Waals surface area contributed by atoms with E-state index in [0.29, 0.717) is 39.0 Å². The predicted octanol–water partition coefficient (Wildman–Crippen LogP) is 2.13. The number of carbonyl (C=O) groups is 1. The Kier molecular flexibility index (Phi) is 5.86. The van der Waals surface area contributed by atoms with E-state index >= 15 is 0 Å². The summed E-state index contributed by atoms with van der Waals surface area (Å²) in [6, 6.07) is 3.50. The zero-order valence-electron chi connectivity index (χ0n) is 14.5. The molecule has 0 aromatic heterocycles. The van der Waals surface area contributed by atoms with Crippen LogP contribution in [0.4, 0.5) is 4.39 Å². The lowest BCUT2D eigenvalue weighted by Gasteiger charge is -2.38. The summed E-state index contributed by atoms with van der Waals surface area (Å²) in [5.41, 5.74) is -0.0817. The number of ether oxygens (including phenoxy) is 1. The lowest BCUT2D eigenvalue weighted by Crippen LogP contribution is -2.50. The Morgan fingerprint density at radius 3 is 2.58 bits per heavy atom. The van der Waals surface area contributed by atoms with E-state index < -0.39 is 21.7 Å². The maximum absolute atomic E-state index is 14.3. The van der Waals surface area contributed by atoms with Crippen LogP contribution in [0.3, 0.4) is 0 Å². The maximum Gasteiger partial charge on any atom is 0.257 e. The molecule has 0 bridgehead atoms. The number of amides is 1. The first-order chi connectivity index (χ1) is 12.3. The van der Waals surface area contributed by atoms with E-state index in [2.05, 4.69) is 0 Å². The van der Waals surface area contributed by atoms with Crippen LogP contribution < -0.4 is 0 Å². The second-order valence-electron chi connectivity index (χ2n) is 6.74. The molecule has 2 aliphatic heterocycles. The Bertz CT molecular complexity index is 783. The van der Waals surface area contributed by atoms with Gasteiger partial charge >= 0.3 is 0 Å². The highest BCUT2D eigenvalue weighted by molar-refractivity contribution is 7.88. The van der Waals surface area contributed by atoms with E-state index in [4.69, 9.17) is 16.3 Å². The molecule has 0 saturated carbocycles. The van der Waals surface area contributed by atoms with Crippen LogP contribution in [0, 0.1) is 5.82 Å². The number of benzene rings is 1. The van der Waals surface area contributed by atoms with E-state index in [1.807, 2.05) is 0 Å². The summed E-state index contributed by atoms with van der Waals surface area (Å²) < 4.78 is 44.7. The first kappa shape index (κ1) is 19.5. The van der Waals surface area contributed by atoms with Crippen molar-refractivity contribution in [2.75, 3.05) is 32.6 Å². The smallest absolute Gasteiger partial charge is 0.257 e. The Morgan fingerprint density at radius 2 is 1.96 bits per heavy atom. The van der Waals surface area contributed by atoms with E-state index in [0.717, 1.165) is 6.26 Å². The van der Waals surface area contributed by atoms with Gasteiger partial charge in [0.1, 0.15) is 5.82 Å². The van der Waals surface area contributed by atoms with E-state index in [-0.39, 0.29) is 29.2 Å². The van der Waals surface area contributed by atoms with E-state index in [1.165, 1.54) is 22.5 Å². The molecule has 1 aromatic carbocycles. The molecule has 2 aliphatic rings. The molecule has 3 rings (SSSR count). The summed E-state index contributed by atoms with van der Waals surface area (Å²) in [7, 11) is -3.33. The third-order valence-electron chi connectivity index (χ3n) is 4.97. The molecule has 2 heterocycles. The number of carbonyl (C=O) groups excluding carboxylic acids is 1. The number of rotatable bonds is 4. The Morgan fingerprint density at radius 1 is 1.27 bits per heavy atom. The van der Waals surface area contributed by atoms with E-state index in [9.17, 15) is 17.6 Å². The van der Waals surface area contributed by atoms with Gasteiger partial charge in [0, 0.05) is 43.4 Å². The molecule has 9 heteroatoms. The SMILES string of the molecule is CS(=O)(=O)N1CCC(N(C(=O)c2cc(Cl)ccc2F)C2CCOCC2)C1. The zero-order valence-corrected chi connectivity index (χ0v) is 16.1. The highest BCUT2D eigenvalue weighted by Crippen LogP contribution is 2.28. The van der Waals surface area contributed by atoms with E-state index in [1.54, 1.807) is 4.90 Å². The molecule has 0 radical (unpaired) electrons. The molecule has 1 amide bonds. The van der Waals surface area contributed by atoms with Crippen LogP contribution in [0.1, 0.15) is 29.6 Å². The van der Waals surface area contributed by atoms with Crippen LogP contribution >= 0.6 is 11.6 Å². The quantitative estimate of drug-likeness (QED) is 0.771. The minimum absolute atomic E-state index is 0.0817. The van der Waals surface area contributed by atoms with Crippen molar-refractivity contribution in [1.29, 1.82) is 0 Å². The summed E-state index contributed by atoms with van der Waals surface area (Å²) in [5, 5.41) is 0.283. The standard InChI is InChI=1S/C17H22ClFN2O4S/c1-26(23,24)20-7-4-14(11-20)21(13-5-8-25-9-6-13)17(22)15-10-12(18)2-3-16(15)19/h2-3,10,13-14H,4-9,11H2,1H3. The minimum Gasteiger partial charge on any atom is -0.381 e. The normalized spacial score (nSPS) is 22.5. The second-order valence-corrected chi connectivity index (χ2v) is 9.16. The van der Waals surface area contributed by atoms with Gasteiger partial charge in [-0.25, -0.2) is 17.1 Å². The summed E-state index contributed by atoms with van der Waals surface area (Å²) in [6.45, 7) is 1.63. The maximum atomic E-state index is 14.3. The average Bonchev–Trinajstić information content (AvgIpc) is 3.08. The molecule has 1 unspecified atom stereocenters. The van der Waals surface area contributed by atoms with Gasteiger partial charge in [-0.1, -0.05) is 11.6 Å². The molecular weight excluding hydrogens is 383 g/mol. The Balaban J connectivity index is 1.91. The molecule has 0 spiro atoms. The third kappa shape index (κ3) is 4.19. The van der Waals surface area contributed by atoms with Crippen LogP contribution in [-0.2, 0) is 14.8 Å². The number of hydrogen-bond donors (Lipinski definition) is 0. The van der Waals surface area contributed by atoms with Crippen LogP contribution in [0.25, 0.3) is 0 Å². The fourth-order valence-corrected chi connectivity index (χ4v) is 4.68. The summed E-state index contributed by atoms with van der Waals surface area (Å²) in [6.07, 6.45) is 2.97. The van der Waals surface area contributed by atoms with Crippen LogP contribution in [0.5, 0.6) is 0 Å². The summed E-state index contributed by atoms with van der Waals surface area (Å²) >= 11 is 5.95. The van der Waals surface area contributed by atoms with Crippen LogP contribution in [0.2, 0.25) is 5.02 Å². The van der Waals surface area contributed by atoms with Crippen molar-refractivity contribution in [1.82, 2.24) is 9.21 Å². The monoisotopic (exact) mass is 404 g/mol. The predicted molar refractivity (Wildman–Crippen MR) is 96.2 cm³/mol. The zero-order chi connectivity index (χ0) is 18.9. The van der Waals surface area contributed by atoms with Crippen molar-refractivity contribution in [3.05, 3.63) is 34.6 Å². The molecular formula is C17H22ClFN2O4S. The van der Waals surface area contributed by atoms with Crippen molar-refractivity contribution >= 4 is 27.5 Å². The molecule has 2 saturated heterocycles. The first-order valence-electron chi connectivity index (χ1n) is 8.58. The molecule has 26 heavy (non-hydrogen) atoms. The van der Waals surface area contributed by atoms with Gasteiger partial charge in [0.05, 0.1) is 11.8 Å². The second kappa shape index (κ2) is 7.80. The van der Waals surface area contributed by atoms with Crippen LogP contribution in [0.15, 0.2) is 18.2 Å². The highest BCUT2D eigenvalue weighted by Gasteiger charge is 2.39. The van der Waals surface area contributed by atoms with Gasteiger partial charge < -0.3 is 9.64 Å². The van der Waals surface area contributed by atoms with Gasteiger partial charge in [-0.2, -0.15) is 0 Å². The lowest BCUT2D eigenvalue weighted by atomic mass is 10.0. The number of sulfonamides is 1. The lowest BCUT2D eigenvalue weighted by molar-refractivity contribution is 0.0177. The first-order valence-corrected chi connectivity index (χ1v) is 10.8. The summed E-state index contributed by atoms with van der Waals surface area (Å²) in [4.78, 5) is 14.8. The van der Waals surface area contributed by atoms with Crippen molar-refractivity contribution in [3.63, 3.8) is 0 Å². The fraction of sp³-hybridized carbons (Fsp3) is 0.588. The summed E-state index contributed by atoms with van der Waals surface area (Å²) in [5.74, 6) is -1.08. The van der Waals surface area contributed by atoms with Crippen LogP contribution in [-0.4, -0.2) is 68.2 Å². The highest BCUT2D eigenvalue weighted by atomic mass is 35.5. The van der Waals surface area contributed by atoms with Gasteiger partial charge in [0.2, 0.25) is 10.0 Å². The van der Waals surface area contributed by atoms with Crippen molar-refractivity contribution in [2.45, 2.75) is 31.3 Å². The average molecular weight is 405 g/mol.